The van der Waals surface area contributed by atoms with Gasteiger partial charge in [0.25, 0.3) is 0 Å². The van der Waals surface area contributed by atoms with E-state index in [2.05, 4.69) is 116 Å². The largest absolute Gasteiger partial charge is 0.355 e. The quantitative estimate of drug-likeness (QED) is 0.437. The number of hydrogen-bond acceptors (Lipinski definition) is 2. The third-order valence-electron chi connectivity index (χ3n) is 10.8. The summed E-state index contributed by atoms with van der Waals surface area (Å²) in [5, 5.41) is 0. The van der Waals surface area contributed by atoms with E-state index in [0.717, 1.165) is 6.67 Å². The molecule has 0 radical (unpaired) electrons. The van der Waals surface area contributed by atoms with Crippen LogP contribution >= 0.6 is 0 Å². The molecule has 2 nitrogen and oxygen atoms in total. The summed E-state index contributed by atoms with van der Waals surface area (Å²) in [7, 11) is 2.25. The molecule has 0 amide bonds. The Morgan fingerprint density at radius 2 is 1.12 bits per heavy atom. The van der Waals surface area contributed by atoms with Crippen molar-refractivity contribution in [2.24, 2.45) is 5.41 Å². The smallest absolute Gasteiger partial charge is 0.0950 e. The summed E-state index contributed by atoms with van der Waals surface area (Å²) in [6, 6.07) is 12.3. The minimum absolute atomic E-state index is 0.123. The summed E-state index contributed by atoms with van der Waals surface area (Å²) in [6.07, 6.45) is 2.50. The highest BCUT2D eigenvalue weighted by atomic mass is 15.4. The SMILES string of the molecule is CN1CN(c2ccc3c(c2)C(C)(C)C(C)(C)C3(C)C)c2cc3c(cc21)C(C)(C)CCC3(C)C. The molecule has 2 aromatic rings. The van der Waals surface area contributed by atoms with Crippen molar-refractivity contribution >= 4 is 17.1 Å². The van der Waals surface area contributed by atoms with E-state index >= 15 is 0 Å². The lowest BCUT2D eigenvalue weighted by atomic mass is 9.59. The Hall–Kier alpha value is -1.96. The first-order valence-electron chi connectivity index (χ1n) is 12.9. The molecule has 0 atom stereocenters. The Morgan fingerprint density at radius 1 is 0.606 bits per heavy atom. The van der Waals surface area contributed by atoms with Gasteiger partial charge in [0, 0.05) is 12.7 Å². The van der Waals surface area contributed by atoms with Gasteiger partial charge in [-0.1, -0.05) is 75.3 Å². The Bertz CT molecular complexity index is 1150. The van der Waals surface area contributed by atoms with Crippen molar-refractivity contribution in [3.63, 3.8) is 0 Å². The molecular formula is C31H44N2. The first-order valence-corrected chi connectivity index (χ1v) is 12.9. The summed E-state index contributed by atoms with van der Waals surface area (Å²) >= 11 is 0. The molecule has 178 valence electrons. The third-order valence-corrected chi connectivity index (χ3v) is 10.8. The zero-order valence-corrected chi connectivity index (χ0v) is 22.9. The fourth-order valence-electron chi connectivity index (χ4n) is 6.92. The monoisotopic (exact) mass is 444 g/mol. The Kier molecular flexibility index (Phi) is 4.41. The van der Waals surface area contributed by atoms with Crippen LogP contribution in [0.5, 0.6) is 0 Å². The van der Waals surface area contributed by atoms with Crippen molar-refractivity contribution in [3.05, 3.63) is 52.6 Å². The molecule has 0 saturated carbocycles. The first kappa shape index (κ1) is 22.8. The molecule has 0 fully saturated rings. The van der Waals surface area contributed by atoms with Gasteiger partial charge in [-0.2, -0.15) is 0 Å². The average Bonchev–Trinajstić information content (AvgIpc) is 3.10. The molecule has 2 heteroatoms. The van der Waals surface area contributed by atoms with Crippen molar-refractivity contribution in [1.82, 2.24) is 0 Å². The van der Waals surface area contributed by atoms with Crippen LogP contribution in [0.1, 0.15) is 104 Å². The Labute approximate surface area is 202 Å². The van der Waals surface area contributed by atoms with E-state index in [1.807, 2.05) is 0 Å². The highest BCUT2D eigenvalue weighted by molar-refractivity contribution is 5.84. The molecule has 2 aliphatic carbocycles. The van der Waals surface area contributed by atoms with E-state index in [0.29, 0.717) is 0 Å². The number of anilines is 3. The number of fused-ring (bicyclic) bond motifs is 3. The van der Waals surface area contributed by atoms with Crippen LogP contribution in [-0.4, -0.2) is 13.7 Å². The lowest BCUT2D eigenvalue weighted by Crippen LogP contribution is -2.42. The van der Waals surface area contributed by atoms with Gasteiger partial charge < -0.3 is 9.80 Å². The number of rotatable bonds is 1. The number of nitrogens with zero attached hydrogens (tertiary/aromatic N) is 2. The second kappa shape index (κ2) is 6.37. The van der Waals surface area contributed by atoms with Crippen molar-refractivity contribution in [2.75, 3.05) is 23.5 Å². The minimum Gasteiger partial charge on any atom is -0.355 e. The van der Waals surface area contributed by atoms with Crippen molar-refractivity contribution < 1.29 is 0 Å². The molecule has 0 spiro atoms. The lowest BCUT2D eigenvalue weighted by molar-refractivity contribution is 0.125. The summed E-state index contributed by atoms with van der Waals surface area (Å²) in [5.41, 5.74) is 11.1. The van der Waals surface area contributed by atoms with Crippen LogP contribution in [0.4, 0.5) is 17.1 Å². The van der Waals surface area contributed by atoms with E-state index in [9.17, 15) is 0 Å². The zero-order valence-electron chi connectivity index (χ0n) is 22.9. The van der Waals surface area contributed by atoms with Gasteiger partial charge in [-0.3, -0.25) is 0 Å². The molecule has 0 N–H and O–H groups in total. The third kappa shape index (κ3) is 2.79. The van der Waals surface area contributed by atoms with Crippen LogP contribution in [0.3, 0.4) is 0 Å². The van der Waals surface area contributed by atoms with Gasteiger partial charge >= 0.3 is 0 Å². The number of benzene rings is 2. The molecule has 0 bridgehead atoms. The van der Waals surface area contributed by atoms with Crippen LogP contribution in [0.25, 0.3) is 0 Å². The van der Waals surface area contributed by atoms with E-state index in [1.54, 1.807) is 11.1 Å². The maximum absolute atomic E-state index is 2.54. The molecular weight excluding hydrogens is 400 g/mol. The topological polar surface area (TPSA) is 6.48 Å². The Morgan fingerprint density at radius 3 is 1.70 bits per heavy atom. The van der Waals surface area contributed by atoms with Crippen molar-refractivity contribution in [3.8, 4) is 0 Å². The number of hydrogen-bond donors (Lipinski definition) is 0. The van der Waals surface area contributed by atoms with E-state index in [1.165, 1.54) is 41.0 Å². The highest BCUT2D eigenvalue weighted by Crippen LogP contribution is 2.62. The van der Waals surface area contributed by atoms with Gasteiger partial charge in [0.15, 0.2) is 0 Å². The molecule has 1 heterocycles. The molecule has 5 rings (SSSR count). The van der Waals surface area contributed by atoms with Crippen LogP contribution in [-0.2, 0) is 21.7 Å². The van der Waals surface area contributed by atoms with Crippen molar-refractivity contribution in [2.45, 2.75) is 104 Å². The highest BCUT2D eigenvalue weighted by Gasteiger charge is 2.56. The standard InChI is InChI=1S/C31H44N2/c1-27(2)14-15-28(3,4)23-18-26-25(17-22(23)27)32(11)19-33(26)20-12-13-21-24(16-20)30(7,8)31(9,10)29(21,5)6/h12-13,16-18H,14-15,19H2,1-11H3. The summed E-state index contributed by atoms with van der Waals surface area (Å²) in [4.78, 5) is 4.97. The first-order chi connectivity index (χ1) is 15.0. The predicted molar refractivity (Wildman–Crippen MR) is 143 cm³/mol. The normalized spacial score (nSPS) is 24.9. The van der Waals surface area contributed by atoms with Crippen LogP contribution < -0.4 is 9.80 Å². The molecule has 1 aliphatic heterocycles. The molecule has 0 aromatic heterocycles. The lowest BCUT2D eigenvalue weighted by Gasteiger charge is -2.44. The maximum atomic E-state index is 2.54. The average molecular weight is 445 g/mol. The second-order valence-corrected chi connectivity index (χ2v) is 14.0. The minimum atomic E-state index is 0.123. The van der Waals surface area contributed by atoms with Gasteiger partial charge in [0.1, 0.15) is 0 Å². The van der Waals surface area contributed by atoms with E-state index < -0.39 is 0 Å². The van der Waals surface area contributed by atoms with E-state index in [4.69, 9.17) is 0 Å². The molecule has 33 heavy (non-hydrogen) atoms. The summed E-state index contributed by atoms with van der Waals surface area (Å²) in [6.45, 7) is 25.2. The Balaban J connectivity index is 1.66. The predicted octanol–water partition coefficient (Wildman–Crippen LogP) is 8.18. The summed E-state index contributed by atoms with van der Waals surface area (Å²) in [5.74, 6) is 0. The van der Waals surface area contributed by atoms with E-state index in [-0.39, 0.29) is 27.1 Å². The molecule has 3 aliphatic rings. The van der Waals surface area contributed by atoms with Gasteiger partial charge in [0.05, 0.1) is 18.0 Å². The summed E-state index contributed by atoms with van der Waals surface area (Å²) < 4.78 is 0. The van der Waals surface area contributed by atoms with Crippen LogP contribution in [0, 0.1) is 5.41 Å². The molecule has 2 aromatic carbocycles. The van der Waals surface area contributed by atoms with Crippen LogP contribution in [0.15, 0.2) is 30.3 Å². The fraction of sp³-hybridized carbons (Fsp3) is 0.613. The van der Waals surface area contributed by atoms with Gasteiger partial charge in [-0.25, -0.2) is 0 Å². The second-order valence-electron chi connectivity index (χ2n) is 14.0. The molecule has 0 saturated heterocycles. The van der Waals surface area contributed by atoms with Gasteiger partial charge in [0.2, 0.25) is 0 Å². The van der Waals surface area contributed by atoms with Gasteiger partial charge in [-0.05, 0) is 86.4 Å². The zero-order chi connectivity index (χ0) is 24.4. The fourth-order valence-corrected chi connectivity index (χ4v) is 6.92. The van der Waals surface area contributed by atoms with Gasteiger partial charge in [-0.15, -0.1) is 0 Å². The van der Waals surface area contributed by atoms with Crippen molar-refractivity contribution in [1.29, 1.82) is 0 Å². The molecule has 0 unspecified atom stereocenters. The van der Waals surface area contributed by atoms with Crippen LogP contribution in [0.2, 0.25) is 0 Å². The maximum Gasteiger partial charge on any atom is 0.0950 e.